The molecule has 0 aromatic carbocycles. The van der Waals surface area contributed by atoms with Crippen molar-refractivity contribution >= 4 is 9.84 Å². The number of sulfone groups is 1. The van der Waals surface area contributed by atoms with E-state index in [4.69, 9.17) is 4.74 Å². The van der Waals surface area contributed by atoms with Gasteiger partial charge in [-0.05, 0) is 19.3 Å². The molecule has 0 saturated carbocycles. The van der Waals surface area contributed by atoms with E-state index in [-0.39, 0.29) is 11.8 Å². The van der Waals surface area contributed by atoms with Gasteiger partial charge in [0.05, 0.1) is 24.7 Å². The summed E-state index contributed by atoms with van der Waals surface area (Å²) in [6.07, 6.45) is -6.98. The van der Waals surface area contributed by atoms with Gasteiger partial charge in [-0.1, -0.05) is 0 Å². The number of morpholine rings is 1. The van der Waals surface area contributed by atoms with Gasteiger partial charge >= 0.3 is 12.1 Å². The Hall–Kier alpha value is -0.480. The van der Waals surface area contributed by atoms with Gasteiger partial charge in [-0.2, -0.15) is 22.0 Å². The van der Waals surface area contributed by atoms with Gasteiger partial charge in [-0.15, -0.1) is 0 Å². The Kier molecular flexibility index (Phi) is 7.00. The quantitative estimate of drug-likeness (QED) is 0.680. The molecule has 10 heteroatoms. The normalized spacial score (nSPS) is 21.0. The van der Waals surface area contributed by atoms with Gasteiger partial charge in [0.15, 0.2) is 0 Å². The summed E-state index contributed by atoms with van der Waals surface area (Å²) in [4.78, 5) is 0. The Balaban J connectivity index is 2.26. The van der Waals surface area contributed by atoms with Gasteiger partial charge in [0.2, 0.25) is 0 Å². The second kappa shape index (κ2) is 7.87. The van der Waals surface area contributed by atoms with Crippen LogP contribution in [0.1, 0.15) is 25.7 Å². The Morgan fingerprint density at radius 1 is 1.09 bits per heavy atom. The van der Waals surface area contributed by atoms with Crippen molar-refractivity contribution in [1.29, 1.82) is 0 Å². The van der Waals surface area contributed by atoms with Gasteiger partial charge in [-0.3, -0.25) is 0 Å². The molecule has 1 saturated heterocycles. The maximum atomic E-state index is 12.7. The Morgan fingerprint density at radius 3 is 2.27 bits per heavy atom. The van der Waals surface area contributed by atoms with Crippen molar-refractivity contribution in [2.24, 2.45) is 0 Å². The lowest BCUT2D eigenvalue weighted by Gasteiger charge is -2.23. The summed E-state index contributed by atoms with van der Waals surface area (Å²) in [6, 6.07) is 0.0542. The zero-order chi connectivity index (χ0) is 16.9. The number of hydrogen-bond acceptors (Lipinski definition) is 4. The molecule has 0 amide bonds. The third-order valence-corrected chi connectivity index (χ3v) is 5.19. The Bertz CT molecular complexity index is 433. The molecule has 1 aliphatic rings. The van der Waals surface area contributed by atoms with Crippen LogP contribution in [-0.4, -0.2) is 57.8 Å². The van der Waals surface area contributed by atoms with Crippen molar-refractivity contribution in [2.75, 3.05) is 31.3 Å². The molecule has 1 atom stereocenters. The van der Waals surface area contributed by atoms with Crippen molar-refractivity contribution in [1.82, 2.24) is 5.32 Å². The fourth-order valence-corrected chi connectivity index (χ4v) is 3.51. The summed E-state index contributed by atoms with van der Waals surface area (Å²) >= 11 is 0. The Labute approximate surface area is 126 Å². The molecule has 1 heterocycles. The van der Waals surface area contributed by atoms with E-state index in [1.165, 1.54) is 0 Å². The summed E-state index contributed by atoms with van der Waals surface area (Å²) in [6.45, 7) is 1.77. The summed E-state index contributed by atoms with van der Waals surface area (Å²) in [5.74, 6) is -5.72. The number of ether oxygens (including phenoxy) is 1. The standard InChI is InChI=1S/C12H20F5NO3S/c13-11(14,12(15,16)17)4-2-8-22(19,20)7-1-3-10-9-21-6-5-18-10/h10,18H,1-9H2/t10-/m1/s1. The van der Waals surface area contributed by atoms with Crippen molar-refractivity contribution in [2.45, 2.75) is 43.8 Å². The molecule has 4 nitrogen and oxygen atoms in total. The van der Waals surface area contributed by atoms with Gasteiger partial charge in [0, 0.05) is 19.0 Å². The number of hydrogen-bond donors (Lipinski definition) is 1. The maximum absolute atomic E-state index is 12.7. The first-order valence-corrected chi connectivity index (χ1v) is 8.82. The van der Waals surface area contributed by atoms with E-state index >= 15 is 0 Å². The zero-order valence-electron chi connectivity index (χ0n) is 12.0. The van der Waals surface area contributed by atoms with Crippen LogP contribution in [0, 0.1) is 0 Å². The predicted molar refractivity (Wildman–Crippen MR) is 70.7 cm³/mol. The molecule has 1 aliphatic heterocycles. The van der Waals surface area contributed by atoms with E-state index in [1.54, 1.807) is 0 Å². The van der Waals surface area contributed by atoms with Gasteiger partial charge < -0.3 is 10.1 Å². The fraction of sp³-hybridized carbons (Fsp3) is 1.00. The Morgan fingerprint density at radius 2 is 1.73 bits per heavy atom. The molecule has 0 spiro atoms. The molecular formula is C12H20F5NO3S. The molecule has 1 N–H and O–H groups in total. The highest BCUT2D eigenvalue weighted by atomic mass is 32.2. The van der Waals surface area contributed by atoms with Crippen molar-refractivity contribution in [3.05, 3.63) is 0 Å². The third kappa shape index (κ3) is 6.74. The van der Waals surface area contributed by atoms with Crippen LogP contribution in [-0.2, 0) is 14.6 Å². The molecule has 1 rings (SSSR count). The molecule has 22 heavy (non-hydrogen) atoms. The van der Waals surface area contributed by atoms with Crippen molar-refractivity contribution in [3.8, 4) is 0 Å². The average molecular weight is 353 g/mol. The van der Waals surface area contributed by atoms with Crippen LogP contribution in [0.5, 0.6) is 0 Å². The molecule has 0 unspecified atom stereocenters. The minimum absolute atomic E-state index is 0.0542. The topological polar surface area (TPSA) is 55.4 Å². The smallest absolute Gasteiger partial charge is 0.379 e. The zero-order valence-corrected chi connectivity index (χ0v) is 12.8. The first-order valence-electron chi connectivity index (χ1n) is 7.00. The molecular weight excluding hydrogens is 333 g/mol. The van der Waals surface area contributed by atoms with E-state index in [1.807, 2.05) is 0 Å². The number of nitrogens with one attached hydrogen (secondary N) is 1. The second-order valence-electron chi connectivity index (χ2n) is 5.33. The molecule has 0 aromatic heterocycles. The van der Waals surface area contributed by atoms with Crippen LogP contribution in [0.3, 0.4) is 0 Å². The third-order valence-electron chi connectivity index (χ3n) is 3.37. The van der Waals surface area contributed by atoms with E-state index < -0.39 is 40.5 Å². The molecule has 1 fully saturated rings. The number of alkyl halides is 5. The van der Waals surface area contributed by atoms with Crippen LogP contribution < -0.4 is 5.32 Å². The van der Waals surface area contributed by atoms with Crippen LogP contribution in [0.25, 0.3) is 0 Å². The molecule has 0 aromatic rings. The van der Waals surface area contributed by atoms with E-state index in [2.05, 4.69) is 5.32 Å². The second-order valence-corrected chi connectivity index (χ2v) is 7.63. The maximum Gasteiger partial charge on any atom is 0.453 e. The molecule has 0 radical (unpaired) electrons. The minimum Gasteiger partial charge on any atom is -0.379 e. The number of rotatable bonds is 8. The average Bonchev–Trinajstić information content (AvgIpc) is 2.37. The first kappa shape index (κ1) is 19.6. The van der Waals surface area contributed by atoms with Gasteiger partial charge in [0.25, 0.3) is 0 Å². The van der Waals surface area contributed by atoms with Gasteiger partial charge in [0.1, 0.15) is 9.84 Å². The summed E-state index contributed by atoms with van der Waals surface area (Å²) in [7, 11) is -3.62. The fourth-order valence-electron chi connectivity index (χ4n) is 2.11. The monoisotopic (exact) mass is 353 g/mol. The van der Waals surface area contributed by atoms with E-state index in [0.717, 1.165) is 0 Å². The van der Waals surface area contributed by atoms with Crippen LogP contribution in [0.2, 0.25) is 0 Å². The highest BCUT2D eigenvalue weighted by molar-refractivity contribution is 7.91. The molecule has 132 valence electrons. The highest BCUT2D eigenvalue weighted by Crippen LogP contribution is 2.38. The van der Waals surface area contributed by atoms with Crippen LogP contribution in [0.15, 0.2) is 0 Å². The highest BCUT2D eigenvalue weighted by Gasteiger charge is 2.56. The largest absolute Gasteiger partial charge is 0.453 e. The lowest BCUT2D eigenvalue weighted by molar-refractivity contribution is -0.284. The molecule has 0 aliphatic carbocycles. The van der Waals surface area contributed by atoms with Gasteiger partial charge in [-0.25, -0.2) is 8.42 Å². The minimum atomic E-state index is -5.64. The van der Waals surface area contributed by atoms with Crippen molar-refractivity contribution in [3.63, 3.8) is 0 Å². The van der Waals surface area contributed by atoms with Crippen LogP contribution in [0.4, 0.5) is 22.0 Å². The first-order chi connectivity index (χ1) is 10.0. The lowest BCUT2D eigenvalue weighted by Crippen LogP contribution is -2.41. The molecule has 0 bridgehead atoms. The van der Waals surface area contributed by atoms with Crippen molar-refractivity contribution < 1.29 is 35.1 Å². The summed E-state index contributed by atoms with van der Waals surface area (Å²) in [5.41, 5.74) is 0. The lowest BCUT2D eigenvalue weighted by atomic mass is 10.1. The predicted octanol–water partition coefficient (Wildman–Crippen LogP) is 2.15. The SMILES string of the molecule is O=S(=O)(CCC[C@@H]1COCCN1)CCCC(F)(F)C(F)(F)F. The number of halogens is 5. The van der Waals surface area contributed by atoms with E-state index in [9.17, 15) is 30.4 Å². The van der Waals surface area contributed by atoms with Crippen LogP contribution >= 0.6 is 0 Å². The summed E-state index contributed by atoms with van der Waals surface area (Å²) < 4.78 is 89.6. The van der Waals surface area contributed by atoms with E-state index in [0.29, 0.717) is 32.6 Å². The summed E-state index contributed by atoms with van der Waals surface area (Å²) in [5, 5.41) is 3.14.